The Labute approximate surface area is 102 Å². The van der Waals surface area contributed by atoms with Crippen molar-refractivity contribution in [1.82, 2.24) is 14.3 Å². The first-order valence-corrected chi connectivity index (χ1v) is 5.87. The molecule has 0 aliphatic carbocycles. The van der Waals surface area contributed by atoms with E-state index in [2.05, 4.69) is 37.0 Å². The fourth-order valence-electron chi connectivity index (χ4n) is 1.68. The molecule has 0 amide bonds. The molecule has 0 saturated heterocycles. The van der Waals surface area contributed by atoms with E-state index in [1.54, 1.807) is 0 Å². The van der Waals surface area contributed by atoms with Crippen LogP contribution in [0.25, 0.3) is 5.65 Å². The maximum absolute atomic E-state index is 5.77. The minimum atomic E-state index is -0.00417. The fourth-order valence-corrected chi connectivity index (χ4v) is 1.68. The van der Waals surface area contributed by atoms with E-state index < -0.39 is 0 Å². The quantitative estimate of drug-likeness (QED) is 0.869. The summed E-state index contributed by atoms with van der Waals surface area (Å²) in [4.78, 5) is 6.81. The number of hydrogen-bond donors (Lipinski definition) is 1. The molecule has 2 aromatic heterocycles. The van der Waals surface area contributed by atoms with Crippen molar-refractivity contribution in [2.24, 2.45) is 5.73 Å². The SMILES string of the molecule is CN(Cc1cn2ccccc2n1)C(C)(C)CN. The Hall–Kier alpha value is -1.39. The Bertz CT molecular complexity index is 468. The van der Waals surface area contributed by atoms with Crippen LogP contribution in [0.1, 0.15) is 19.5 Å². The molecule has 2 rings (SSSR count). The van der Waals surface area contributed by atoms with Crippen LogP contribution in [0.5, 0.6) is 0 Å². The summed E-state index contributed by atoms with van der Waals surface area (Å²) in [5.41, 5.74) is 7.82. The summed E-state index contributed by atoms with van der Waals surface area (Å²) in [6.45, 7) is 5.73. The highest BCUT2D eigenvalue weighted by Gasteiger charge is 2.22. The van der Waals surface area contributed by atoms with Gasteiger partial charge in [-0.2, -0.15) is 0 Å². The molecule has 92 valence electrons. The van der Waals surface area contributed by atoms with E-state index in [0.717, 1.165) is 17.9 Å². The molecular weight excluding hydrogens is 212 g/mol. The predicted molar refractivity (Wildman–Crippen MR) is 69.8 cm³/mol. The van der Waals surface area contributed by atoms with E-state index >= 15 is 0 Å². The Kier molecular flexibility index (Phi) is 3.17. The highest BCUT2D eigenvalue weighted by Crippen LogP contribution is 2.14. The van der Waals surface area contributed by atoms with Crippen molar-refractivity contribution < 1.29 is 0 Å². The number of nitrogens with zero attached hydrogens (tertiary/aromatic N) is 3. The molecule has 17 heavy (non-hydrogen) atoms. The summed E-state index contributed by atoms with van der Waals surface area (Å²) in [5.74, 6) is 0. The molecular formula is C13H20N4. The van der Waals surface area contributed by atoms with Crippen molar-refractivity contribution in [2.45, 2.75) is 25.9 Å². The summed E-state index contributed by atoms with van der Waals surface area (Å²) in [5, 5.41) is 0. The molecule has 4 heteroatoms. The zero-order valence-electron chi connectivity index (χ0n) is 10.7. The van der Waals surface area contributed by atoms with Gasteiger partial charge in [-0.05, 0) is 33.0 Å². The van der Waals surface area contributed by atoms with Crippen molar-refractivity contribution in [3.63, 3.8) is 0 Å². The summed E-state index contributed by atoms with van der Waals surface area (Å²) < 4.78 is 2.04. The van der Waals surface area contributed by atoms with E-state index in [0.29, 0.717) is 6.54 Å². The number of fused-ring (bicyclic) bond motifs is 1. The molecule has 0 aliphatic heterocycles. The van der Waals surface area contributed by atoms with Crippen LogP contribution in [0, 0.1) is 0 Å². The van der Waals surface area contributed by atoms with Crippen molar-refractivity contribution in [3.05, 3.63) is 36.3 Å². The third kappa shape index (κ3) is 2.48. The lowest BCUT2D eigenvalue weighted by Crippen LogP contribution is -2.46. The zero-order chi connectivity index (χ0) is 12.5. The van der Waals surface area contributed by atoms with Gasteiger partial charge in [0.15, 0.2) is 0 Å². The minimum absolute atomic E-state index is 0.00417. The minimum Gasteiger partial charge on any atom is -0.329 e. The predicted octanol–water partition coefficient (Wildman–Crippen LogP) is 1.50. The van der Waals surface area contributed by atoms with Gasteiger partial charge in [0.05, 0.1) is 5.69 Å². The van der Waals surface area contributed by atoms with Gasteiger partial charge in [0.2, 0.25) is 0 Å². The average Bonchev–Trinajstić information content (AvgIpc) is 2.70. The number of pyridine rings is 1. The zero-order valence-corrected chi connectivity index (χ0v) is 10.7. The van der Waals surface area contributed by atoms with Gasteiger partial charge in [-0.25, -0.2) is 4.98 Å². The van der Waals surface area contributed by atoms with Crippen LogP contribution >= 0.6 is 0 Å². The molecule has 0 spiro atoms. The van der Waals surface area contributed by atoms with E-state index in [4.69, 9.17) is 5.73 Å². The summed E-state index contributed by atoms with van der Waals surface area (Å²) in [7, 11) is 2.08. The number of rotatable bonds is 4. The van der Waals surface area contributed by atoms with Crippen LogP contribution in [0.15, 0.2) is 30.6 Å². The Morgan fingerprint density at radius 1 is 1.41 bits per heavy atom. The Balaban J connectivity index is 2.18. The van der Waals surface area contributed by atoms with E-state index in [1.807, 2.05) is 28.8 Å². The molecule has 2 aromatic rings. The highest BCUT2D eigenvalue weighted by molar-refractivity contribution is 5.39. The molecule has 0 aliphatic rings. The lowest BCUT2D eigenvalue weighted by molar-refractivity contribution is 0.154. The number of hydrogen-bond acceptors (Lipinski definition) is 3. The maximum Gasteiger partial charge on any atom is 0.137 e. The van der Waals surface area contributed by atoms with E-state index in [1.165, 1.54) is 0 Å². The van der Waals surface area contributed by atoms with Gasteiger partial charge >= 0.3 is 0 Å². The molecule has 0 radical (unpaired) electrons. The molecule has 4 nitrogen and oxygen atoms in total. The van der Waals surface area contributed by atoms with Gasteiger partial charge in [-0.3, -0.25) is 4.90 Å². The molecule has 0 aromatic carbocycles. The average molecular weight is 232 g/mol. The lowest BCUT2D eigenvalue weighted by Gasteiger charge is -2.33. The third-order valence-corrected chi connectivity index (χ3v) is 3.35. The molecule has 0 fully saturated rings. The third-order valence-electron chi connectivity index (χ3n) is 3.35. The van der Waals surface area contributed by atoms with Gasteiger partial charge in [-0.1, -0.05) is 6.07 Å². The summed E-state index contributed by atoms with van der Waals surface area (Å²) in [6, 6.07) is 6.02. The number of aromatic nitrogens is 2. The topological polar surface area (TPSA) is 46.6 Å². The fraction of sp³-hybridized carbons (Fsp3) is 0.462. The largest absolute Gasteiger partial charge is 0.329 e. The normalized spacial score (nSPS) is 12.5. The van der Waals surface area contributed by atoms with Crippen molar-refractivity contribution in [1.29, 1.82) is 0 Å². The Morgan fingerprint density at radius 3 is 2.82 bits per heavy atom. The number of nitrogens with two attached hydrogens (primary N) is 1. The summed E-state index contributed by atoms with van der Waals surface area (Å²) in [6.07, 6.45) is 4.08. The first kappa shape index (κ1) is 12.1. The second kappa shape index (κ2) is 4.47. The number of likely N-dealkylation sites (N-methyl/N-ethyl adjacent to an activating group) is 1. The second-order valence-electron chi connectivity index (χ2n) is 5.07. The van der Waals surface area contributed by atoms with Crippen LogP contribution in [0.4, 0.5) is 0 Å². The molecule has 0 atom stereocenters. The van der Waals surface area contributed by atoms with Gasteiger partial charge in [0.25, 0.3) is 0 Å². The van der Waals surface area contributed by atoms with Crippen molar-refractivity contribution in [2.75, 3.05) is 13.6 Å². The molecule has 2 heterocycles. The first-order chi connectivity index (χ1) is 8.03. The second-order valence-corrected chi connectivity index (χ2v) is 5.07. The van der Waals surface area contributed by atoms with Crippen LogP contribution < -0.4 is 5.73 Å². The van der Waals surface area contributed by atoms with Crippen LogP contribution in [-0.4, -0.2) is 33.4 Å². The molecule has 0 unspecified atom stereocenters. The number of imidazole rings is 1. The van der Waals surface area contributed by atoms with Crippen LogP contribution in [0.3, 0.4) is 0 Å². The smallest absolute Gasteiger partial charge is 0.137 e. The maximum atomic E-state index is 5.77. The van der Waals surface area contributed by atoms with E-state index in [-0.39, 0.29) is 5.54 Å². The standard InChI is InChI=1S/C13H20N4/c1-13(2,10-14)16(3)8-11-9-17-7-5-4-6-12(17)15-11/h4-7,9H,8,10,14H2,1-3H3. The van der Waals surface area contributed by atoms with Gasteiger partial charge < -0.3 is 10.1 Å². The van der Waals surface area contributed by atoms with Gasteiger partial charge in [0.1, 0.15) is 5.65 Å². The first-order valence-electron chi connectivity index (χ1n) is 5.87. The van der Waals surface area contributed by atoms with Crippen LogP contribution in [0.2, 0.25) is 0 Å². The molecule has 0 saturated carbocycles. The van der Waals surface area contributed by atoms with Crippen LogP contribution in [-0.2, 0) is 6.54 Å². The summed E-state index contributed by atoms with van der Waals surface area (Å²) >= 11 is 0. The van der Waals surface area contributed by atoms with E-state index in [9.17, 15) is 0 Å². The van der Waals surface area contributed by atoms with Crippen molar-refractivity contribution >= 4 is 5.65 Å². The monoisotopic (exact) mass is 232 g/mol. The van der Waals surface area contributed by atoms with Gasteiger partial charge in [-0.15, -0.1) is 0 Å². The van der Waals surface area contributed by atoms with Crippen molar-refractivity contribution in [3.8, 4) is 0 Å². The lowest BCUT2D eigenvalue weighted by atomic mass is 10.0. The molecule has 0 bridgehead atoms. The Morgan fingerprint density at radius 2 is 2.18 bits per heavy atom. The molecule has 2 N–H and O–H groups in total. The highest BCUT2D eigenvalue weighted by atomic mass is 15.2. The van der Waals surface area contributed by atoms with Gasteiger partial charge in [0, 0.05) is 31.0 Å².